The Labute approximate surface area is 120 Å². The van der Waals surface area contributed by atoms with E-state index in [-0.39, 0.29) is 12.5 Å². The van der Waals surface area contributed by atoms with Gasteiger partial charge in [0.25, 0.3) is 5.91 Å². The molecular formula is C13H17N3O3S. The van der Waals surface area contributed by atoms with Crippen LogP contribution in [0.15, 0.2) is 18.2 Å². The number of fused-ring (bicyclic) bond motifs is 1. The lowest BCUT2D eigenvalue weighted by Crippen LogP contribution is -2.20. The zero-order valence-corrected chi connectivity index (χ0v) is 12.0. The predicted molar refractivity (Wildman–Crippen MR) is 79.3 cm³/mol. The molecule has 1 heterocycles. The molecule has 0 saturated carbocycles. The van der Waals surface area contributed by atoms with Crippen molar-refractivity contribution in [2.24, 2.45) is 5.73 Å². The molecule has 1 aromatic carbocycles. The summed E-state index contributed by atoms with van der Waals surface area (Å²) in [5.74, 6) is 0.565. The van der Waals surface area contributed by atoms with Gasteiger partial charge in [-0.05, 0) is 25.1 Å². The van der Waals surface area contributed by atoms with E-state index >= 15 is 0 Å². The van der Waals surface area contributed by atoms with Gasteiger partial charge in [0, 0.05) is 6.54 Å². The quantitative estimate of drug-likeness (QED) is 0.758. The number of amides is 1. The van der Waals surface area contributed by atoms with Crippen LogP contribution in [0.5, 0.6) is 5.75 Å². The summed E-state index contributed by atoms with van der Waals surface area (Å²) < 4.78 is 11.5. The van der Waals surface area contributed by atoms with Crippen molar-refractivity contribution in [3.8, 4) is 5.75 Å². The fraction of sp³-hybridized carbons (Fsp3) is 0.385. The zero-order valence-electron chi connectivity index (χ0n) is 11.2. The van der Waals surface area contributed by atoms with Gasteiger partial charge in [-0.3, -0.25) is 10.1 Å². The molecular weight excluding hydrogens is 278 g/mol. The van der Waals surface area contributed by atoms with Crippen LogP contribution in [0.3, 0.4) is 0 Å². The molecule has 20 heavy (non-hydrogen) atoms. The van der Waals surface area contributed by atoms with Gasteiger partial charge in [0.2, 0.25) is 0 Å². The first-order valence-electron chi connectivity index (χ1n) is 6.34. The highest BCUT2D eigenvalue weighted by atomic mass is 32.1. The van der Waals surface area contributed by atoms with Gasteiger partial charge in [-0.15, -0.1) is 0 Å². The molecule has 0 aliphatic heterocycles. The van der Waals surface area contributed by atoms with Gasteiger partial charge in [0.1, 0.15) is 12.4 Å². The predicted octanol–water partition coefficient (Wildman–Crippen LogP) is 1.61. The van der Waals surface area contributed by atoms with Crippen LogP contribution in [-0.2, 0) is 9.53 Å². The number of carbonyl (C=O) groups excluding carboxylic acids is 1. The number of nitrogens with two attached hydrogens (primary N) is 1. The summed E-state index contributed by atoms with van der Waals surface area (Å²) in [6.07, 6.45) is 0. The summed E-state index contributed by atoms with van der Waals surface area (Å²) in [6, 6.07) is 5.65. The van der Waals surface area contributed by atoms with Crippen molar-refractivity contribution < 1.29 is 14.3 Å². The van der Waals surface area contributed by atoms with Crippen LogP contribution in [0.25, 0.3) is 10.2 Å². The standard InChI is InChI=1S/C13H17N3O3S/c1-2-19-9-3-4-10-11(7-9)20-13(15-10)16-12(17)8-18-6-5-14/h3-4,7H,2,5-6,8,14H2,1H3,(H,15,16,17). The molecule has 0 bridgehead atoms. The van der Waals surface area contributed by atoms with Crippen LogP contribution in [0.4, 0.5) is 5.13 Å². The van der Waals surface area contributed by atoms with Crippen LogP contribution in [-0.4, -0.2) is 37.3 Å². The number of ether oxygens (including phenoxy) is 2. The van der Waals surface area contributed by atoms with Crippen molar-refractivity contribution >= 4 is 32.6 Å². The third-order valence-electron chi connectivity index (χ3n) is 2.41. The van der Waals surface area contributed by atoms with E-state index in [1.54, 1.807) is 0 Å². The molecule has 0 aliphatic rings. The molecule has 0 atom stereocenters. The van der Waals surface area contributed by atoms with Crippen molar-refractivity contribution in [3.63, 3.8) is 0 Å². The van der Waals surface area contributed by atoms with Gasteiger partial charge in [0.05, 0.1) is 23.4 Å². The number of carbonyl (C=O) groups is 1. The molecule has 0 aliphatic carbocycles. The lowest BCUT2D eigenvalue weighted by Gasteiger charge is -2.01. The van der Waals surface area contributed by atoms with Crippen LogP contribution in [0.1, 0.15) is 6.92 Å². The number of aromatic nitrogens is 1. The first kappa shape index (κ1) is 14.7. The number of benzene rings is 1. The Hall–Kier alpha value is -1.70. The summed E-state index contributed by atoms with van der Waals surface area (Å²) in [5.41, 5.74) is 6.11. The molecule has 7 heteroatoms. The number of nitrogens with one attached hydrogen (secondary N) is 1. The Kier molecular flexibility index (Phi) is 5.28. The average Bonchev–Trinajstić information content (AvgIpc) is 2.80. The number of thiazole rings is 1. The molecule has 2 rings (SSSR count). The van der Waals surface area contributed by atoms with E-state index in [9.17, 15) is 4.79 Å². The second kappa shape index (κ2) is 7.18. The highest BCUT2D eigenvalue weighted by Gasteiger charge is 2.08. The van der Waals surface area contributed by atoms with Crippen LogP contribution in [0, 0.1) is 0 Å². The highest BCUT2D eigenvalue weighted by Crippen LogP contribution is 2.29. The van der Waals surface area contributed by atoms with Crippen molar-refractivity contribution in [2.75, 3.05) is 31.7 Å². The molecule has 0 unspecified atom stereocenters. The summed E-state index contributed by atoms with van der Waals surface area (Å²) >= 11 is 1.40. The van der Waals surface area contributed by atoms with Crippen molar-refractivity contribution in [2.45, 2.75) is 6.92 Å². The second-order valence-electron chi connectivity index (χ2n) is 3.97. The SMILES string of the molecule is CCOc1ccc2nc(NC(=O)COCCN)sc2c1. The molecule has 3 N–H and O–H groups in total. The number of hydrogen-bond acceptors (Lipinski definition) is 6. The number of rotatable bonds is 7. The first-order chi connectivity index (χ1) is 9.72. The Morgan fingerprint density at radius 2 is 2.35 bits per heavy atom. The lowest BCUT2D eigenvalue weighted by molar-refractivity contribution is -0.120. The molecule has 6 nitrogen and oxygen atoms in total. The fourth-order valence-electron chi connectivity index (χ4n) is 1.62. The molecule has 0 fully saturated rings. The topological polar surface area (TPSA) is 86.5 Å². The Bertz CT molecular complexity index is 585. The minimum absolute atomic E-state index is 0.0165. The fourth-order valence-corrected chi connectivity index (χ4v) is 2.53. The molecule has 0 radical (unpaired) electrons. The van der Waals surface area contributed by atoms with Gasteiger partial charge in [-0.1, -0.05) is 11.3 Å². The summed E-state index contributed by atoms with van der Waals surface area (Å²) in [6.45, 7) is 3.30. The minimum Gasteiger partial charge on any atom is -0.494 e. The third-order valence-corrected chi connectivity index (χ3v) is 3.35. The lowest BCUT2D eigenvalue weighted by atomic mass is 10.3. The third kappa shape index (κ3) is 3.89. The minimum atomic E-state index is -0.234. The maximum Gasteiger partial charge on any atom is 0.252 e. The summed E-state index contributed by atoms with van der Waals surface area (Å²) in [5, 5.41) is 3.25. The molecule has 0 saturated heterocycles. The van der Waals surface area contributed by atoms with E-state index in [1.807, 2.05) is 25.1 Å². The number of nitrogens with zero attached hydrogens (tertiary/aromatic N) is 1. The average molecular weight is 295 g/mol. The molecule has 2 aromatic rings. The van der Waals surface area contributed by atoms with Crippen molar-refractivity contribution in [1.29, 1.82) is 0 Å². The second-order valence-corrected chi connectivity index (χ2v) is 5.00. The van der Waals surface area contributed by atoms with Crippen molar-refractivity contribution in [1.82, 2.24) is 4.98 Å². The van der Waals surface area contributed by atoms with Gasteiger partial charge in [0.15, 0.2) is 5.13 Å². The van der Waals surface area contributed by atoms with Gasteiger partial charge in [-0.25, -0.2) is 4.98 Å². The largest absolute Gasteiger partial charge is 0.494 e. The van der Waals surface area contributed by atoms with E-state index in [0.29, 0.717) is 24.9 Å². The normalized spacial score (nSPS) is 10.7. The van der Waals surface area contributed by atoms with E-state index in [0.717, 1.165) is 16.0 Å². The van der Waals surface area contributed by atoms with E-state index < -0.39 is 0 Å². The van der Waals surface area contributed by atoms with Crippen LogP contribution in [0.2, 0.25) is 0 Å². The van der Waals surface area contributed by atoms with Crippen molar-refractivity contribution in [3.05, 3.63) is 18.2 Å². The maximum atomic E-state index is 11.6. The smallest absolute Gasteiger partial charge is 0.252 e. The Morgan fingerprint density at radius 3 is 3.10 bits per heavy atom. The number of anilines is 1. The number of hydrogen-bond donors (Lipinski definition) is 2. The highest BCUT2D eigenvalue weighted by molar-refractivity contribution is 7.22. The zero-order chi connectivity index (χ0) is 14.4. The first-order valence-corrected chi connectivity index (χ1v) is 7.15. The maximum absolute atomic E-state index is 11.6. The van der Waals surface area contributed by atoms with Gasteiger partial charge >= 0.3 is 0 Å². The van der Waals surface area contributed by atoms with E-state index in [1.165, 1.54) is 11.3 Å². The monoisotopic (exact) mass is 295 g/mol. The Balaban J connectivity index is 2.02. The molecule has 108 valence electrons. The van der Waals surface area contributed by atoms with Gasteiger partial charge in [-0.2, -0.15) is 0 Å². The molecule has 0 spiro atoms. The summed E-state index contributed by atoms with van der Waals surface area (Å²) in [4.78, 5) is 15.9. The Morgan fingerprint density at radius 1 is 1.50 bits per heavy atom. The van der Waals surface area contributed by atoms with Crippen LogP contribution >= 0.6 is 11.3 Å². The van der Waals surface area contributed by atoms with E-state index in [2.05, 4.69) is 10.3 Å². The van der Waals surface area contributed by atoms with Crippen LogP contribution < -0.4 is 15.8 Å². The van der Waals surface area contributed by atoms with Gasteiger partial charge < -0.3 is 15.2 Å². The summed E-state index contributed by atoms with van der Waals surface area (Å²) in [7, 11) is 0. The molecule has 1 amide bonds. The molecule has 1 aromatic heterocycles. The van der Waals surface area contributed by atoms with E-state index in [4.69, 9.17) is 15.2 Å².